The molecule has 3 rings (SSSR count). The molecule has 1 aliphatic rings. The maximum Gasteiger partial charge on any atom is 0.259 e. The number of nitriles is 1. The Balaban J connectivity index is 2.38. The normalized spacial score (nSPS) is 16.6. The Morgan fingerprint density at radius 1 is 1.36 bits per heavy atom. The Bertz CT molecular complexity index is 954. The SMILES string of the molecule is N#CC1=C(N)Oc2[nH]c(=S)[nH]c(=O)c2[C@@H]1c1ccccc1Cl. The largest absolute Gasteiger partial charge is 0.424 e. The predicted octanol–water partition coefficient (Wildman–Crippen LogP) is 2.30. The van der Waals surface area contributed by atoms with Crippen molar-refractivity contribution in [2.24, 2.45) is 5.73 Å². The molecule has 2 heterocycles. The summed E-state index contributed by atoms with van der Waals surface area (Å²) in [7, 11) is 0. The second-order valence-electron chi connectivity index (χ2n) is 4.60. The van der Waals surface area contributed by atoms with Crippen LogP contribution in [0.15, 0.2) is 40.5 Å². The zero-order valence-corrected chi connectivity index (χ0v) is 12.6. The van der Waals surface area contributed by atoms with Crippen LogP contribution in [0.2, 0.25) is 5.02 Å². The van der Waals surface area contributed by atoms with E-state index in [1.165, 1.54) is 0 Å². The van der Waals surface area contributed by atoms with Crippen LogP contribution in [0.25, 0.3) is 0 Å². The van der Waals surface area contributed by atoms with Crippen molar-refractivity contribution in [2.45, 2.75) is 5.92 Å². The second-order valence-corrected chi connectivity index (χ2v) is 5.41. The van der Waals surface area contributed by atoms with E-state index in [4.69, 9.17) is 34.3 Å². The third-order valence-electron chi connectivity index (χ3n) is 3.33. The molecular formula is C14H9ClN4O2S. The molecule has 0 bridgehead atoms. The monoisotopic (exact) mass is 332 g/mol. The molecular weight excluding hydrogens is 324 g/mol. The van der Waals surface area contributed by atoms with Gasteiger partial charge in [0.05, 0.1) is 11.5 Å². The molecule has 110 valence electrons. The van der Waals surface area contributed by atoms with Gasteiger partial charge in [0.2, 0.25) is 11.8 Å². The van der Waals surface area contributed by atoms with Crippen molar-refractivity contribution in [3.63, 3.8) is 0 Å². The van der Waals surface area contributed by atoms with E-state index in [0.29, 0.717) is 10.6 Å². The second kappa shape index (κ2) is 5.33. The maximum atomic E-state index is 12.3. The van der Waals surface area contributed by atoms with Crippen LogP contribution in [0.1, 0.15) is 17.0 Å². The molecule has 0 aliphatic carbocycles. The number of aromatic nitrogens is 2. The van der Waals surface area contributed by atoms with Gasteiger partial charge in [0.15, 0.2) is 4.77 Å². The van der Waals surface area contributed by atoms with Gasteiger partial charge in [0.25, 0.3) is 5.56 Å². The summed E-state index contributed by atoms with van der Waals surface area (Å²) in [6.07, 6.45) is 0. The summed E-state index contributed by atoms with van der Waals surface area (Å²) in [6, 6.07) is 8.92. The lowest BCUT2D eigenvalue weighted by Gasteiger charge is -2.25. The highest BCUT2D eigenvalue weighted by molar-refractivity contribution is 7.71. The van der Waals surface area contributed by atoms with E-state index in [2.05, 4.69) is 9.97 Å². The zero-order chi connectivity index (χ0) is 15.9. The fourth-order valence-corrected chi connectivity index (χ4v) is 2.84. The highest BCUT2D eigenvalue weighted by Crippen LogP contribution is 2.41. The van der Waals surface area contributed by atoms with Crippen LogP contribution in [0.4, 0.5) is 0 Å². The van der Waals surface area contributed by atoms with Gasteiger partial charge in [-0.2, -0.15) is 5.26 Å². The van der Waals surface area contributed by atoms with Gasteiger partial charge in [0.1, 0.15) is 11.6 Å². The fourth-order valence-electron chi connectivity index (χ4n) is 2.41. The molecule has 22 heavy (non-hydrogen) atoms. The maximum absolute atomic E-state index is 12.3. The smallest absolute Gasteiger partial charge is 0.259 e. The Morgan fingerprint density at radius 3 is 2.77 bits per heavy atom. The lowest BCUT2D eigenvalue weighted by molar-refractivity contribution is 0.374. The quantitative estimate of drug-likeness (QED) is 0.694. The number of aromatic amines is 2. The summed E-state index contributed by atoms with van der Waals surface area (Å²) >= 11 is 11.1. The number of rotatable bonds is 1. The third kappa shape index (κ3) is 2.19. The molecule has 0 unspecified atom stereocenters. The Morgan fingerprint density at radius 2 is 2.09 bits per heavy atom. The molecule has 0 amide bonds. The van der Waals surface area contributed by atoms with Gasteiger partial charge in [-0.05, 0) is 23.8 Å². The van der Waals surface area contributed by atoms with Crippen LogP contribution in [-0.2, 0) is 0 Å². The molecule has 1 aromatic heterocycles. The number of nitrogens with two attached hydrogens (primary N) is 1. The molecule has 0 saturated carbocycles. The molecule has 0 spiro atoms. The predicted molar refractivity (Wildman–Crippen MR) is 83.0 cm³/mol. The summed E-state index contributed by atoms with van der Waals surface area (Å²) in [5.41, 5.74) is 6.28. The number of nitrogens with one attached hydrogen (secondary N) is 2. The van der Waals surface area contributed by atoms with Crippen LogP contribution in [0.5, 0.6) is 5.88 Å². The Labute approximate surface area is 134 Å². The van der Waals surface area contributed by atoms with Crippen LogP contribution in [-0.4, -0.2) is 9.97 Å². The molecule has 6 nitrogen and oxygen atoms in total. The van der Waals surface area contributed by atoms with Crippen molar-refractivity contribution in [2.75, 3.05) is 0 Å². The number of halogens is 1. The Kier molecular flexibility index (Phi) is 3.48. The first-order valence-corrected chi connectivity index (χ1v) is 7.00. The molecule has 4 N–H and O–H groups in total. The number of hydrogen-bond donors (Lipinski definition) is 3. The lowest BCUT2D eigenvalue weighted by Crippen LogP contribution is -2.28. The van der Waals surface area contributed by atoms with Crippen molar-refractivity contribution in [3.05, 3.63) is 67.0 Å². The number of nitrogens with zero attached hydrogens (tertiary/aromatic N) is 1. The molecule has 1 aromatic carbocycles. The number of ether oxygens (including phenoxy) is 1. The molecule has 8 heteroatoms. The van der Waals surface area contributed by atoms with E-state index in [9.17, 15) is 10.1 Å². The minimum absolute atomic E-state index is 0.0869. The highest BCUT2D eigenvalue weighted by atomic mass is 35.5. The molecule has 1 aliphatic heterocycles. The average molecular weight is 333 g/mol. The topological polar surface area (TPSA) is 108 Å². The fraction of sp³-hybridized carbons (Fsp3) is 0.0714. The van der Waals surface area contributed by atoms with E-state index < -0.39 is 11.5 Å². The molecule has 1 atom stereocenters. The first-order valence-electron chi connectivity index (χ1n) is 6.21. The van der Waals surface area contributed by atoms with E-state index in [-0.39, 0.29) is 27.7 Å². The van der Waals surface area contributed by atoms with Gasteiger partial charge < -0.3 is 15.5 Å². The molecule has 0 fully saturated rings. The minimum Gasteiger partial charge on any atom is -0.424 e. The molecule has 2 aromatic rings. The first kappa shape index (κ1) is 14.4. The van der Waals surface area contributed by atoms with E-state index in [1.54, 1.807) is 24.3 Å². The Hall–Kier alpha value is -2.56. The van der Waals surface area contributed by atoms with Crippen molar-refractivity contribution in [1.29, 1.82) is 5.26 Å². The summed E-state index contributed by atoms with van der Waals surface area (Å²) in [4.78, 5) is 17.5. The van der Waals surface area contributed by atoms with Crippen molar-refractivity contribution >= 4 is 23.8 Å². The summed E-state index contributed by atoms with van der Waals surface area (Å²) < 4.78 is 5.44. The highest BCUT2D eigenvalue weighted by Gasteiger charge is 2.34. The first-order chi connectivity index (χ1) is 10.5. The van der Waals surface area contributed by atoms with Crippen LogP contribution < -0.4 is 16.0 Å². The van der Waals surface area contributed by atoms with Gasteiger partial charge in [-0.3, -0.25) is 9.78 Å². The average Bonchev–Trinajstić information content (AvgIpc) is 2.46. The standard InChI is InChI=1S/C14H9ClN4O2S/c15-8-4-2-1-3-6(8)9-7(5-16)11(17)21-13-10(9)12(20)18-14(22)19-13/h1-4,9H,17H2,(H2,18,19,20,22)/t9-/m1/s1. The summed E-state index contributed by atoms with van der Waals surface area (Å²) in [6.45, 7) is 0. The summed E-state index contributed by atoms with van der Waals surface area (Å²) in [5.74, 6) is -0.690. The zero-order valence-electron chi connectivity index (χ0n) is 11.0. The van der Waals surface area contributed by atoms with Gasteiger partial charge >= 0.3 is 0 Å². The van der Waals surface area contributed by atoms with Crippen molar-refractivity contribution in [3.8, 4) is 11.9 Å². The van der Waals surface area contributed by atoms with Gasteiger partial charge in [-0.15, -0.1) is 0 Å². The van der Waals surface area contributed by atoms with E-state index in [1.807, 2.05) is 6.07 Å². The number of hydrogen-bond acceptors (Lipinski definition) is 5. The van der Waals surface area contributed by atoms with Gasteiger partial charge in [-0.25, -0.2) is 0 Å². The van der Waals surface area contributed by atoms with Crippen LogP contribution in [0, 0.1) is 16.1 Å². The van der Waals surface area contributed by atoms with E-state index in [0.717, 1.165) is 0 Å². The number of fused-ring (bicyclic) bond motifs is 1. The third-order valence-corrected chi connectivity index (χ3v) is 3.88. The molecule has 0 saturated heterocycles. The van der Waals surface area contributed by atoms with Crippen LogP contribution >= 0.6 is 23.8 Å². The number of benzene rings is 1. The van der Waals surface area contributed by atoms with E-state index >= 15 is 0 Å². The minimum atomic E-state index is -0.724. The summed E-state index contributed by atoms with van der Waals surface area (Å²) in [5, 5.41) is 9.82. The lowest BCUT2D eigenvalue weighted by atomic mass is 9.85. The number of H-pyrrole nitrogens is 2. The van der Waals surface area contributed by atoms with Crippen molar-refractivity contribution < 1.29 is 4.74 Å². The van der Waals surface area contributed by atoms with Crippen LogP contribution in [0.3, 0.4) is 0 Å². The molecule has 0 radical (unpaired) electrons. The number of allylic oxidation sites excluding steroid dienone is 1. The van der Waals surface area contributed by atoms with Crippen molar-refractivity contribution in [1.82, 2.24) is 9.97 Å². The van der Waals surface area contributed by atoms with Gasteiger partial charge in [0, 0.05) is 5.02 Å². The van der Waals surface area contributed by atoms with Gasteiger partial charge in [-0.1, -0.05) is 29.8 Å².